The number of ether oxygens (including phenoxy) is 1. The van der Waals surface area contributed by atoms with Gasteiger partial charge in [-0.2, -0.15) is 0 Å². The third-order valence-electron chi connectivity index (χ3n) is 3.57. The summed E-state index contributed by atoms with van der Waals surface area (Å²) < 4.78 is 5.24. The molecule has 0 fully saturated rings. The molecular formula is C18H16N2O3. The lowest BCUT2D eigenvalue weighted by molar-refractivity contribution is -0.137. The van der Waals surface area contributed by atoms with Gasteiger partial charge in [0.2, 0.25) is 0 Å². The van der Waals surface area contributed by atoms with Gasteiger partial charge in [-0.25, -0.2) is 0 Å². The predicted molar refractivity (Wildman–Crippen MR) is 86.7 cm³/mol. The highest BCUT2D eigenvalue weighted by molar-refractivity contribution is 6.17. The second-order valence-corrected chi connectivity index (χ2v) is 5.10. The summed E-state index contributed by atoms with van der Waals surface area (Å²) in [5.41, 5.74) is 1.79. The van der Waals surface area contributed by atoms with Gasteiger partial charge in [0.1, 0.15) is 11.4 Å². The minimum absolute atomic E-state index is 0.246. The normalized spacial score (nSPS) is 14.0. The molecule has 1 aliphatic heterocycles. The quantitative estimate of drug-likeness (QED) is 0.863. The molecule has 1 aliphatic rings. The van der Waals surface area contributed by atoms with E-state index in [9.17, 15) is 9.59 Å². The Morgan fingerprint density at radius 2 is 1.70 bits per heavy atom. The van der Waals surface area contributed by atoms with Gasteiger partial charge < -0.3 is 10.1 Å². The zero-order valence-corrected chi connectivity index (χ0v) is 12.7. The average molecular weight is 308 g/mol. The maximum absolute atomic E-state index is 12.5. The molecule has 116 valence electrons. The second-order valence-electron chi connectivity index (χ2n) is 5.10. The van der Waals surface area contributed by atoms with E-state index in [4.69, 9.17) is 4.74 Å². The number of benzene rings is 2. The van der Waals surface area contributed by atoms with Gasteiger partial charge in [-0.05, 0) is 17.7 Å². The number of rotatable bonds is 5. The van der Waals surface area contributed by atoms with Gasteiger partial charge in [-0.15, -0.1) is 0 Å². The number of anilines is 1. The maximum Gasteiger partial charge on any atom is 0.277 e. The Labute approximate surface area is 134 Å². The molecule has 2 aromatic rings. The molecule has 3 rings (SSSR count). The SMILES string of the molecule is COc1ccccc1NC1=CC(=O)N(Cc2ccccc2)C1=O. The standard InChI is InChI=1S/C18H16N2O3/c1-23-16-10-6-5-9-14(16)19-15-11-17(21)20(18(15)22)12-13-7-3-2-4-8-13/h2-11,19H,12H2,1H3. The summed E-state index contributed by atoms with van der Waals surface area (Å²) in [4.78, 5) is 25.8. The van der Waals surface area contributed by atoms with Crippen LogP contribution in [-0.2, 0) is 16.1 Å². The molecule has 1 N–H and O–H groups in total. The van der Waals surface area contributed by atoms with Crippen LogP contribution < -0.4 is 10.1 Å². The zero-order chi connectivity index (χ0) is 16.2. The van der Waals surface area contributed by atoms with E-state index in [1.54, 1.807) is 19.2 Å². The van der Waals surface area contributed by atoms with E-state index in [1.165, 1.54) is 11.0 Å². The fraction of sp³-hybridized carbons (Fsp3) is 0.111. The molecule has 0 saturated carbocycles. The summed E-state index contributed by atoms with van der Waals surface area (Å²) in [7, 11) is 1.55. The van der Waals surface area contributed by atoms with Crippen molar-refractivity contribution in [1.29, 1.82) is 0 Å². The Hall–Kier alpha value is -3.08. The van der Waals surface area contributed by atoms with Gasteiger partial charge >= 0.3 is 0 Å². The highest BCUT2D eigenvalue weighted by Gasteiger charge is 2.31. The maximum atomic E-state index is 12.5. The summed E-state index contributed by atoms with van der Waals surface area (Å²) in [6.07, 6.45) is 1.32. The van der Waals surface area contributed by atoms with E-state index in [1.807, 2.05) is 42.5 Å². The molecule has 1 heterocycles. The van der Waals surface area contributed by atoms with E-state index >= 15 is 0 Å². The molecule has 0 aromatic heterocycles. The van der Waals surface area contributed by atoms with Crippen molar-refractivity contribution in [2.75, 3.05) is 12.4 Å². The fourth-order valence-electron chi connectivity index (χ4n) is 2.41. The molecule has 0 saturated heterocycles. The molecule has 0 bridgehead atoms. The van der Waals surface area contributed by atoms with Crippen molar-refractivity contribution in [3.8, 4) is 5.75 Å². The first kappa shape index (κ1) is 14.8. The summed E-state index contributed by atoms with van der Waals surface area (Å²) in [6, 6.07) is 16.6. The average Bonchev–Trinajstić information content (AvgIpc) is 2.84. The van der Waals surface area contributed by atoms with Crippen molar-refractivity contribution >= 4 is 17.5 Å². The van der Waals surface area contributed by atoms with Crippen molar-refractivity contribution < 1.29 is 14.3 Å². The number of nitrogens with one attached hydrogen (secondary N) is 1. The minimum Gasteiger partial charge on any atom is -0.495 e. The van der Waals surface area contributed by atoms with Crippen molar-refractivity contribution in [1.82, 2.24) is 4.90 Å². The number of methoxy groups -OCH3 is 1. The van der Waals surface area contributed by atoms with Crippen LogP contribution in [0.25, 0.3) is 0 Å². The molecule has 23 heavy (non-hydrogen) atoms. The monoisotopic (exact) mass is 308 g/mol. The van der Waals surface area contributed by atoms with Crippen LogP contribution in [0.4, 0.5) is 5.69 Å². The van der Waals surface area contributed by atoms with E-state index in [2.05, 4.69) is 5.32 Å². The summed E-state index contributed by atoms with van der Waals surface area (Å²) in [5.74, 6) is -0.0591. The van der Waals surface area contributed by atoms with Gasteiger partial charge in [0.25, 0.3) is 11.8 Å². The largest absolute Gasteiger partial charge is 0.495 e. The third kappa shape index (κ3) is 3.08. The van der Waals surface area contributed by atoms with Crippen LogP contribution in [0.1, 0.15) is 5.56 Å². The van der Waals surface area contributed by atoms with E-state index in [-0.39, 0.29) is 24.1 Å². The Balaban J connectivity index is 1.76. The van der Waals surface area contributed by atoms with Crippen LogP contribution in [0.15, 0.2) is 66.4 Å². The lowest BCUT2D eigenvalue weighted by Crippen LogP contribution is -2.31. The Morgan fingerprint density at radius 3 is 2.43 bits per heavy atom. The first-order valence-corrected chi connectivity index (χ1v) is 7.20. The third-order valence-corrected chi connectivity index (χ3v) is 3.57. The van der Waals surface area contributed by atoms with Crippen molar-refractivity contribution in [3.05, 3.63) is 71.9 Å². The Morgan fingerprint density at radius 1 is 1.00 bits per heavy atom. The number of hydrogen-bond donors (Lipinski definition) is 1. The van der Waals surface area contributed by atoms with Gasteiger partial charge in [0, 0.05) is 6.08 Å². The number of imide groups is 1. The van der Waals surface area contributed by atoms with Gasteiger partial charge in [0.15, 0.2) is 0 Å². The van der Waals surface area contributed by atoms with Gasteiger partial charge in [-0.1, -0.05) is 42.5 Å². The predicted octanol–water partition coefficient (Wildman–Crippen LogP) is 2.56. The number of para-hydroxylation sites is 2. The van der Waals surface area contributed by atoms with Crippen LogP contribution in [0.5, 0.6) is 5.75 Å². The fourth-order valence-corrected chi connectivity index (χ4v) is 2.41. The lowest BCUT2D eigenvalue weighted by atomic mass is 10.2. The van der Waals surface area contributed by atoms with E-state index in [0.29, 0.717) is 11.4 Å². The molecule has 0 atom stereocenters. The second kappa shape index (κ2) is 6.36. The van der Waals surface area contributed by atoms with E-state index in [0.717, 1.165) is 5.56 Å². The molecule has 2 amide bonds. The molecule has 0 aliphatic carbocycles. The highest BCUT2D eigenvalue weighted by Crippen LogP contribution is 2.26. The first-order chi connectivity index (χ1) is 11.2. The molecule has 5 heteroatoms. The molecule has 2 aromatic carbocycles. The lowest BCUT2D eigenvalue weighted by Gasteiger charge is -2.16. The molecule has 0 radical (unpaired) electrons. The van der Waals surface area contributed by atoms with Gasteiger partial charge in [0.05, 0.1) is 19.3 Å². The molecular weight excluding hydrogens is 292 g/mol. The van der Waals surface area contributed by atoms with Crippen molar-refractivity contribution in [2.45, 2.75) is 6.54 Å². The van der Waals surface area contributed by atoms with Crippen molar-refractivity contribution in [3.63, 3.8) is 0 Å². The number of nitrogens with zero attached hydrogens (tertiary/aromatic N) is 1. The van der Waals surface area contributed by atoms with Crippen LogP contribution in [0, 0.1) is 0 Å². The Kier molecular flexibility index (Phi) is 4.10. The number of carbonyl (C=O) groups excluding carboxylic acids is 2. The topological polar surface area (TPSA) is 58.6 Å². The van der Waals surface area contributed by atoms with Gasteiger partial charge in [-0.3, -0.25) is 14.5 Å². The summed E-state index contributed by atoms with van der Waals surface area (Å²) >= 11 is 0. The number of carbonyl (C=O) groups is 2. The molecule has 0 spiro atoms. The Bertz CT molecular complexity index is 769. The summed E-state index contributed by atoms with van der Waals surface area (Å²) in [6.45, 7) is 0.256. The molecule has 5 nitrogen and oxygen atoms in total. The molecule has 0 unspecified atom stereocenters. The first-order valence-electron chi connectivity index (χ1n) is 7.20. The highest BCUT2D eigenvalue weighted by atomic mass is 16.5. The summed E-state index contributed by atoms with van der Waals surface area (Å²) in [5, 5.41) is 2.98. The smallest absolute Gasteiger partial charge is 0.277 e. The minimum atomic E-state index is -0.343. The van der Waals surface area contributed by atoms with E-state index < -0.39 is 0 Å². The number of hydrogen-bond acceptors (Lipinski definition) is 4. The van der Waals surface area contributed by atoms with Crippen LogP contribution in [0.3, 0.4) is 0 Å². The number of amides is 2. The zero-order valence-electron chi connectivity index (χ0n) is 12.7. The van der Waals surface area contributed by atoms with Crippen LogP contribution in [0.2, 0.25) is 0 Å². The van der Waals surface area contributed by atoms with Crippen molar-refractivity contribution in [2.24, 2.45) is 0 Å². The van der Waals surface area contributed by atoms with Crippen LogP contribution >= 0.6 is 0 Å². The van der Waals surface area contributed by atoms with Crippen LogP contribution in [-0.4, -0.2) is 23.8 Å².